The number of nitrogens with zero attached hydrogens (tertiary/aromatic N) is 3. The highest BCUT2D eigenvalue weighted by atomic mass is 16.6. The monoisotopic (exact) mass is 396 g/mol. The zero-order valence-electron chi connectivity index (χ0n) is 16.3. The average Bonchev–Trinajstić information content (AvgIpc) is 2.75. The predicted octanol–water partition coefficient (Wildman–Crippen LogP) is 2.72. The molecule has 29 heavy (non-hydrogen) atoms. The van der Waals surface area contributed by atoms with Crippen molar-refractivity contribution in [2.24, 2.45) is 0 Å². The van der Waals surface area contributed by atoms with Crippen molar-refractivity contribution in [1.29, 1.82) is 0 Å². The number of rotatable bonds is 3. The zero-order chi connectivity index (χ0) is 20.3. The maximum atomic E-state index is 12.7. The molecule has 4 rings (SSSR count). The highest BCUT2D eigenvalue weighted by Gasteiger charge is 2.44. The third-order valence-corrected chi connectivity index (χ3v) is 5.47. The number of benzene rings is 1. The molecule has 2 aliphatic rings. The van der Waals surface area contributed by atoms with E-state index >= 15 is 0 Å². The van der Waals surface area contributed by atoms with Gasteiger partial charge in [-0.3, -0.25) is 4.79 Å². The Morgan fingerprint density at radius 1 is 1.21 bits per heavy atom. The molecule has 152 valence electrons. The van der Waals surface area contributed by atoms with Gasteiger partial charge in [0, 0.05) is 50.3 Å². The molecule has 1 aromatic carbocycles. The molecule has 0 bridgehead atoms. The number of carbonyl (C=O) groups excluding carboxylic acids is 2. The Morgan fingerprint density at radius 3 is 2.66 bits per heavy atom. The van der Waals surface area contributed by atoms with Crippen LogP contribution in [0.5, 0.6) is 5.75 Å². The van der Waals surface area contributed by atoms with Crippen LogP contribution in [0.15, 0.2) is 42.7 Å². The first-order valence-electron chi connectivity index (χ1n) is 9.88. The smallest absolute Gasteiger partial charge is 0.409 e. The van der Waals surface area contributed by atoms with E-state index in [0.29, 0.717) is 39.0 Å². The molecule has 8 heteroatoms. The molecule has 0 saturated carbocycles. The van der Waals surface area contributed by atoms with E-state index in [1.165, 1.54) is 0 Å². The topological polar surface area (TPSA) is 93.7 Å². The Labute approximate surface area is 169 Å². The van der Waals surface area contributed by atoms with E-state index < -0.39 is 5.60 Å². The predicted molar refractivity (Wildman–Crippen MR) is 104 cm³/mol. The quantitative estimate of drug-likeness (QED) is 0.857. The Morgan fingerprint density at radius 2 is 1.93 bits per heavy atom. The summed E-state index contributed by atoms with van der Waals surface area (Å²) in [5.41, 5.74) is 0.502. The summed E-state index contributed by atoms with van der Waals surface area (Å²) in [6.45, 7) is 3.28. The number of fused-ring (bicyclic) bond motifs is 1. The summed E-state index contributed by atoms with van der Waals surface area (Å²) in [6.07, 6.45) is 4.78. The summed E-state index contributed by atoms with van der Waals surface area (Å²) >= 11 is 0. The standard InChI is InChI=1S/C21H24N4O4/c1-2-28-20(27)25-12-8-21(9-13-25)14-16(15-6-3-4-7-17(15)29-21)24-19(26)18-22-10-5-11-23-18/h3-7,10-11,16H,2,8-9,12-14H2,1H3,(H,24,26). The van der Waals surface area contributed by atoms with Crippen LogP contribution in [0.25, 0.3) is 0 Å². The number of para-hydroxylation sites is 1. The molecule has 2 amide bonds. The lowest BCUT2D eigenvalue weighted by molar-refractivity contribution is -0.0233. The van der Waals surface area contributed by atoms with E-state index in [4.69, 9.17) is 9.47 Å². The molecule has 1 saturated heterocycles. The highest BCUT2D eigenvalue weighted by molar-refractivity contribution is 5.90. The van der Waals surface area contributed by atoms with Gasteiger partial charge in [-0.25, -0.2) is 14.8 Å². The van der Waals surface area contributed by atoms with Gasteiger partial charge in [0.25, 0.3) is 5.91 Å². The fourth-order valence-electron chi connectivity index (χ4n) is 4.00. The van der Waals surface area contributed by atoms with Gasteiger partial charge in [-0.1, -0.05) is 18.2 Å². The van der Waals surface area contributed by atoms with Crippen LogP contribution in [0.4, 0.5) is 4.79 Å². The lowest BCUT2D eigenvalue weighted by Crippen LogP contribution is -2.53. The zero-order valence-corrected chi connectivity index (χ0v) is 16.3. The fraction of sp³-hybridized carbons (Fsp3) is 0.429. The van der Waals surface area contributed by atoms with Crippen LogP contribution in [0.2, 0.25) is 0 Å². The Hall–Kier alpha value is -3.16. The van der Waals surface area contributed by atoms with E-state index in [1.54, 1.807) is 30.3 Å². The number of aromatic nitrogens is 2. The molecule has 0 aliphatic carbocycles. The molecule has 1 fully saturated rings. The number of ether oxygens (including phenoxy) is 2. The van der Waals surface area contributed by atoms with Crippen LogP contribution in [0.1, 0.15) is 48.4 Å². The van der Waals surface area contributed by atoms with Crippen molar-refractivity contribution in [3.05, 3.63) is 54.1 Å². The van der Waals surface area contributed by atoms with Gasteiger partial charge in [-0.15, -0.1) is 0 Å². The van der Waals surface area contributed by atoms with Gasteiger partial charge >= 0.3 is 6.09 Å². The molecule has 3 heterocycles. The van der Waals surface area contributed by atoms with E-state index in [1.807, 2.05) is 24.3 Å². The highest BCUT2D eigenvalue weighted by Crippen LogP contribution is 2.44. The van der Waals surface area contributed by atoms with Crippen molar-refractivity contribution < 1.29 is 19.1 Å². The number of hydrogen-bond acceptors (Lipinski definition) is 6. The molecular formula is C21H24N4O4. The van der Waals surface area contributed by atoms with Crippen molar-refractivity contribution in [2.45, 2.75) is 37.8 Å². The van der Waals surface area contributed by atoms with Crippen LogP contribution in [-0.2, 0) is 4.74 Å². The first kappa shape index (κ1) is 19.2. The van der Waals surface area contributed by atoms with Crippen molar-refractivity contribution in [3.63, 3.8) is 0 Å². The number of nitrogens with one attached hydrogen (secondary N) is 1. The van der Waals surface area contributed by atoms with Crippen LogP contribution in [-0.4, -0.2) is 52.2 Å². The fourth-order valence-corrected chi connectivity index (χ4v) is 4.00. The lowest BCUT2D eigenvalue weighted by atomic mass is 9.80. The van der Waals surface area contributed by atoms with Gasteiger partial charge in [-0.05, 0) is 19.1 Å². The van der Waals surface area contributed by atoms with Crippen molar-refractivity contribution in [2.75, 3.05) is 19.7 Å². The number of carbonyl (C=O) groups is 2. The number of amides is 2. The second-order valence-corrected chi connectivity index (χ2v) is 7.31. The SMILES string of the molecule is CCOC(=O)N1CCC2(CC1)CC(NC(=O)c1ncccn1)c1ccccc1O2. The Kier molecular flexibility index (Phi) is 5.33. The molecule has 1 aromatic heterocycles. The average molecular weight is 396 g/mol. The summed E-state index contributed by atoms with van der Waals surface area (Å²) < 4.78 is 11.5. The maximum Gasteiger partial charge on any atom is 0.409 e. The van der Waals surface area contributed by atoms with E-state index in [-0.39, 0.29) is 23.9 Å². The molecule has 1 unspecified atom stereocenters. The molecule has 8 nitrogen and oxygen atoms in total. The van der Waals surface area contributed by atoms with Gasteiger partial charge in [-0.2, -0.15) is 0 Å². The number of hydrogen-bond donors (Lipinski definition) is 1. The van der Waals surface area contributed by atoms with E-state index in [0.717, 1.165) is 11.3 Å². The molecule has 1 atom stereocenters. The third-order valence-electron chi connectivity index (χ3n) is 5.47. The summed E-state index contributed by atoms with van der Waals surface area (Å²) in [6, 6.07) is 9.20. The van der Waals surface area contributed by atoms with Gasteiger partial charge in [0.15, 0.2) is 0 Å². The normalized spacial score (nSPS) is 19.8. The first-order valence-corrected chi connectivity index (χ1v) is 9.88. The summed E-state index contributed by atoms with van der Waals surface area (Å²) in [4.78, 5) is 34.5. The number of likely N-dealkylation sites (tertiary alicyclic amines) is 1. The summed E-state index contributed by atoms with van der Waals surface area (Å²) in [5, 5.41) is 3.07. The largest absolute Gasteiger partial charge is 0.487 e. The second kappa shape index (κ2) is 8.06. The maximum absolute atomic E-state index is 12.7. The molecule has 2 aromatic rings. The van der Waals surface area contributed by atoms with Gasteiger partial charge in [0.05, 0.1) is 12.6 Å². The third kappa shape index (κ3) is 4.01. The van der Waals surface area contributed by atoms with Gasteiger partial charge in [0.2, 0.25) is 5.82 Å². The minimum Gasteiger partial charge on any atom is -0.487 e. The van der Waals surface area contributed by atoms with Crippen molar-refractivity contribution in [3.8, 4) is 5.75 Å². The Bertz CT molecular complexity index is 881. The van der Waals surface area contributed by atoms with E-state index in [9.17, 15) is 9.59 Å². The van der Waals surface area contributed by atoms with Crippen molar-refractivity contribution in [1.82, 2.24) is 20.2 Å². The second-order valence-electron chi connectivity index (χ2n) is 7.31. The molecule has 2 aliphatic heterocycles. The van der Waals surface area contributed by atoms with Crippen molar-refractivity contribution >= 4 is 12.0 Å². The minimum absolute atomic E-state index is 0.141. The minimum atomic E-state index is -0.438. The lowest BCUT2D eigenvalue weighted by Gasteiger charge is -2.46. The number of piperidine rings is 1. The summed E-state index contributed by atoms with van der Waals surface area (Å²) in [5.74, 6) is 0.594. The van der Waals surface area contributed by atoms with Crippen LogP contribution < -0.4 is 10.1 Å². The van der Waals surface area contributed by atoms with E-state index in [2.05, 4.69) is 15.3 Å². The van der Waals surface area contributed by atoms with Gasteiger partial charge in [0.1, 0.15) is 11.4 Å². The van der Waals surface area contributed by atoms with Crippen LogP contribution in [0.3, 0.4) is 0 Å². The molecule has 0 radical (unpaired) electrons. The van der Waals surface area contributed by atoms with Crippen LogP contribution >= 0.6 is 0 Å². The summed E-state index contributed by atoms with van der Waals surface area (Å²) in [7, 11) is 0. The molecule has 1 spiro atoms. The van der Waals surface area contributed by atoms with Crippen LogP contribution in [0, 0.1) is 0 Å². The van der Waals surface area contributed by atoms with Gasteiger partial charge < -0.3 is 19.7 Å². The first-order chi connectivity index (χ1) is 14.1. The Balaban J connectivity index is 1.52. The molecular weight excluding hydrogens is 372 g/mol. The molecule has 1 N–H and O–H groups in total.